The number of benzene rings is 2. The van der Waals surface area contributed by atoms with Crippen molar-refractivity contribution in [2.75, 3.05) is 5.73 Å². The van der Waals surface area contributed by atoms with Gasteiger partial charge < -0.3 is 15.9 Å². The smallest absolute Gasteiger partial charge is 0.291 e. The van der Waals surface area contributed by atoms with Gasteiger partial charge in [0, 0.05) is 16.5 Å². The van der Waals surface area contributed by atoms with E-state index in [0.717, 1.165) is 33.2 Å². The summed E-state index contributed by atoms with van der Waals surface area (Å²) in [7, 11) is 0. The first-order valence-corrected chi connectivity index (χ1v) is 6.99. The summed E-state index contributed by atoms with van der Waals surface area (Å²) in [6.07, 6.45) is 0. The summed E-state index contributed by atoms with van der Waals surface area (Å²) in [6, 6.07) is 18.1. The number of nitrogens with two attached hydrogens (primary N) is 1. The van der Waals surface area contributed by atoms with Crippen LogP contribution in [0.5, 0.6) is 0 Å². The lowest BCUT2D eigenvalue weighted by Crippen LogP contribution is -1.97. The third-order valence-corrected chi connectivity index (χ3v) is 3.42. The molecule has 120 valence electrons. The Bertz CT molecular complexity index is 1010. The number of aromatic amines is 1. The van der Waals surface area contributed by atoms with Crippen LogP contribution in [0.25, 0.3) is 33.2 Å². The van der Waals surface area contributed by atoms with Crippen LogP contribution < -0.4 is 5.73 Å². The molecule has 0 fully saturated rings. The van der Waals surface area contributed by atoms with Crippen LogP contribution in [-0.2, 0) is 0 Å². The molecule has 8 nitrogen and oxygen atoms in total. The van der Waals surface area contributed by atoms with Crippen LogP contribution >= 0.6 is 0 Å². The van der Waals surface area contributed by atoms with Crippen LogP contribution in [-0.4, -0.2) is 25.2 Å². The molecule has 0 saturated carbocycles. The van der Waals surface area contributed by atoms with Gasteiger partial charge in [0.05, 0.1) is 11.1 Å². The van der Waals surface area contributed by atoms with Gasteiger partial charge in [-0.25, -0.2) is 4.98 Å². The molecule has 0 aliphatic rings. The van der Waals surface area contributed by atoms with Gasteiger partial charge in [-0.15, -0.1) is 10.1 Å². The van der Waals surface area contributed by atoms with Crippen LogP contribution in [0.4, 0.5) is 5.95 Å². The number of nitrogens with one attached hydrogen (secondary N) is 1. The van der Waals surface area contributed by atoms with Gasteiger partial charge >= 0.3 is 0 Å². The summed E-state index contributed by atoms with van der Waals surface area (Å²) in [5.41, 5.74) is 9.56. The molecule has 2 heterocycles. The maximum absolute atomic E-state index is 8.36. The fourth-order valence-electron chi connectivity index (χ4n) is 2.57. The van der Waals surface area contributed by atoms with Gasteiger partial charge in [-0.05, 0) is 6.07 Å². The topological polar surface area (TPSA) is 131 Å². The van der Waals surface area contributed by atoms with Gasteiger partial charge in [-0.2, -0.15) is 4.98 Å². The highest BCUT2D eigenvalue weighted by Crippen LogP contribution is 2.32. The minimum absolute atomic E-state index is 0.280. The third kappa shape index (κ3) is 2.93. The minimum atomic E-state index is -1.50. The average molecular weight is 323 g/mol. The Labute approximate surface area is 135 Å². The van der Waals surface area contributed by atoms with Crippen molar-refractivity contribution in [1.82, 2.24) is 15.0 Å². The van der Waals surface area contributed by atoms with E-state index in [-0.39, 0.29) is 5.95 Å². The maximum atomic E-state index is 8.36. The standard InChI is InChI=1S/C16H12N4.HNO3/c17-16-19-14(10-6-2-1-3-7-10)13-11-8-4-5-9-12(11)18-15(13)20-16;2-1(3)4/h1-9H,(H3,17,18,19,20);(H,2,3,4). The zero-order valence-electron chi connectivity index (χ0n) is 12.4. The van der Waals surface area contributed by atoms with E-state index in [1.165, 1.54) is 0 Å². The van der Waals surface area contributed by atoms with E-state index in [2.05, 4.69) is 21.0 Å². The van der Waals surface area contributed by atoms with Crippen molar-refractivity contribution in [3.05, 3.63) is 64.7 Å². The lowest BCUT2D eigenvalue weighted by atomic mass is 10.1. The Kier molecular flexibility index (Phi) is 3.94. The number of para-hydroxylation sites is 1. The number of rotatable bonds is 1. The molecule has 2 aromatic carbocycles. The largest absolute Gasteiger partial charge is 0.368 e. The number of aromatic nitrogens is 3. The summed E-state index contributed by atoms with van der Waals surface area (Å²) >= 11 is 0. The number of anilines is 1. The third-order valence-electron chi connectivity index (χ3n) is 3.42. The van der Waals surface area contributed by atoms with Gasteiger partial charge in [-0.1, -0.05) is 48.5 Å². The van der Waals surface area contributed by atoms with Gasteiger partial charge in [0.25, 0.3) is 5.09 Å². The molecule has 4 aromatic rings. The molecule has 0 atom stereocenters. The number of hydrogen-bond acceptors (Lipinski definition) is 5. The van der Waals surface area contributed by atoms with Crippen molar-refractivity contribution in [1.29, 1.82) is 0 Å². The Morgan fingerprint density at radius 1 is 1.04 bits per heavy atom. The van der Waals surface area contributed by atoms with Gasteiger partial charge in [0.15, 0.2) is 0 Å². The molecule has 0 unspecified atom stereocenters. The molecule has 0 aliphatic heterocycles. The molecule has 0 spiro atoms. The van der Waals surface area contributed by atoms with Gasteiger partial charge in [0.1, 0.15) is 5.65 Å². The van der Waals surface area contributed by atoms with E-state index in [9.17, 15) is 0 Å². The summed E-state index contributed by atoms with van der Waals surface area (Å²) in [6.45, 7) is 0. The van der Waals surface area contributed by atoms with Crippen LogP contribution in [0.3, 0.4) is 0 Å². The van der Waals surface area contributed by atoms with Crippen molar-refractivity contribution >= 4 is 27.9 Å². The number of hydrogen-bond donors (Lipinski definition) is 3. The summed E-state index contributed by atoms with van der Waals surface area (Å²) in [5.74, 6) is 0.280. The fraction of sp³-hybridized carbons (Fsp3) is 0. The van der Waals surface area contributed by atoms with E-state index in [1.807, 2.05) is 48.5 Å². The Morgan fingerprint density at radius 2 is 1.67 bits per heavy atom. The van der Waals surface area contributed by atoms with E-state index in [0.29, 0.717) is 0 Å². The van der Waals surface area contributed by atoms with Gasteiger partial charge in [-0.3, -0.25) is 0 Å². The molecular formula is C16H13N5O3. The first-order chi connectivity index (χ1) is 11.6. The molecule has 0 amide bonds. The Hall–Kier alpha value is -3.68. The molecule has 0 bridgehead atoms. The first kappa shape index (κ1) is 15.2. The van der Waals surface area contributed by atoms with Crippen molar-refractivity contribution < 1.29 is 10.3 Å². The highest BCUT2D eigenvalue weighted by molar-refractivity contribution is 6.12. The zero-order valence-corrected chi connectivity index (χ0v) is 12.4. The molecule has 4 rings (SSSR count). The number of fused-ring (bicyclic) bond motifs is 3. The minimum Gasteiger partial charge on any atom is -0.368 e. The highest BCUT2D eigenvalue weighted by atomic mass is 16.9. The van der Waals surface area contributed by atoms with Crippen molar-refractivity contribution in [2.45, 2.75) is 0 Å². The predicted octanol–water partition coefficient (Wildman–Crippen LogP) is 3.01. The molecule has 8 heteroatoms. The summed E-state index contributed by atoms with van der Waals surface area (Å²) < 4.78 is 0. The number of H-pyrrole nitrogens is 1. The van der Waals surface area contributed by atoms with E-state index in [4.69, 9.17) is 21.1 Å². The lowest BCUT2D eigenvalue weighted by molar-refractivity contribution is -0.742. The van der Waals surface area contributed by atoms with E-state index < -0.39 is 5.09 Å². The van der Waals surface area contributed by atoms with Gasteiger partial charge in [0.2, 0.25) is 5.95 Å². The van der Waals surface area contributed by atoms with Crippen molar-refractivity contribution in [2.24, 2.45) is 0 Å². The molecular weight excluding hydrogens is 310 g/mol. The Morgan fingerprint density at radius 3 is 2.38 bits per heavy atom. The van der Waals surface area contributed by atoms with E-state index in [1.54, 1.807) is 0 Å². The highest BCUT2D eigenvalue weighted by Gasteiger charge is 2.13. The summed E-state index contributed by atoms with van der Waals surface area (Å²) in [4.78, 5) is 20.4. The van der Waals surface area contributed by atoms with Crippen molar-refractivity contribution in [3.8, 4) is 11.3 Å². The second-order valence-corrected chi connectivity index (χ2v) is 4.93. The normalized spacial score (nSPS) is 10.3. The van der Waals surface area contributed by atoms with Crippen molar-refractivity contribution in [3.63, 3.8) is 0 Å². The van der Waals surface area contributed by atoms with Crippen LogP contribution in [0.2, 0.25) is 0 Å². The number of nitrogen functional groups attached to an aromatic ring is 1. The lowest BCUT2D eigenvalue weighted by Gasteiger charge is -2.04. The second kappa shape index (κ2) is 6.21. The Balaban J connectivity index is 0.000000383. The fourth-order valence-corrected chi connectivity index (χ4v) is 2.57. The second-order valence-electron chi connectivity index (χ2n) is 4.93. The zero-order chi connectivity index (χ0) is 17.1. The van der Waals surface area contributed by atoms with Crippen LogP contribution in [0.1, 0.15) is 0 Å². The SMILES string of the molecule is Nc1nc(-c2ccccc2)c2c(n1)[nH]c1ccccc12.O=[N+]([O-])O. The molecule has 0 aliphatic carbocycles. The summed E-state index contributed by atoms with van der Waals surface area (Å²) in [5, 5.41) is 15.8. The van der Waals surface area contributed by atoms with Crippen LogP contribution in [0.15, 0.2) is 54.6 Å². The van der Waals surface area contributed by atoms with Crippen LogP contribution in [0, 0.1) is 10.1 Å². The number of nitrogens with zero attached hydrogens (tertiary/aromatic N) is 3. The van der Waals surface area contributed by atoms with E-state index >= 15 is 0 Å². The maximum Gasteiger partial charge on any atom is 0.291 e. The molecule has 4 N–H and O–H groups in total. The quantitative estimate of drug-likeness (QED) is 0.364. The molecule has 0 saturated heterocycles. The molecule has 24 heavy (non-hydrogen) atoms. The molecule has 0 radical (unpaired) electrons. The monoisotopic (exact) mass is 323 g/mol. The predicted molar refractivity (Wildman–Crippen MR) is 90.0 cm³/mol. The average Bonchev–Trinajstić information content (AvgIpc) is 2.92. The first-order valence-electron chi connectivity index (χ1n) is 6.99. The molecule has 2 aromatic heterocycles.